The molecule has 0 unspecified atom stereocenters. The molecule has 2 rings (SSSR count). The maximum absolute atomic E-state index is 12.9. The van der Waals surface area contributed by atoms with E-state index in [9.17, 15) is 44.6 Å². The van der Waals surface area contributed by atoms with Crippen LogP contribution in [0.3, 0.4) is 0 Å². The van der Waals surface area contributed by atoms with Crippen molar-refractivity contribution in [3.05, 3.63) is 44.6 Å². The van der Waals surface area contributed by atoms with Gasteiger partial charge in [-0.05, 0) is 30.1 Å². The Hall–Kier alpha value is -1.02. The van der Waals surface area contributed by atoms with Gasteiger partial charge in [0.25, 0.3) is 5.60 Å². The largest absolute Gasteiger partial charge is 0.430 e. The van der Waals surface area contributed by atoms with Crippen LogP contribution in [0.25, 0.3) is 0 Å². The molecular weight excluding hydrogens is 516 g/mol. The highest BCUT2D eigenvalue weighted by Crippen LogP contribution is 2.50. The van der Waals surface area contributed by atoms with E-state index in [0.717, 1.165) is 11.3 Å². The third kappa shape index (κ3) is 5.42. The summed E-state index contributed by atoms with van der Waals surface area (Å²) in [5.74, 6) is 0. The topological polar surface area (TPSA) is 23.5 Å². The first kappa shape index (κ1) is 25.2. The lowest BCUT2D eigenvalue weighted by molar-refractivity contribution is -0.376. The Morgan fingerprint density at radius 3 is 1.77 bits per heavy atom. The second-order valence-electron chi connectivity index (χ2n) is 5.68. The van der Waals surface area contributed by atoms with Gasteiger partial charge in [0.1, 0.15) is 10.9 Å². The maximum Gasteiger partial charge on any atom is 0.430 e. The molecule has 0 saturated carbocycles. The van der Waals surface area contributed by atoms with E-state index in [0.29, 0.717) is 28.4 Å². The molecule has 168 valence electrons. The summed E-state index contributed by atoms with van der Waals surface area (Å²) in [5.41, 5.74) is -7.17. The van der Waals surface area contributed by atoms with Crippen molar-refractivity contribution in [3.8, 4) is 0 Å². The number of thiophene rings is 1. The van der Waals surface area contributed by atoms with Crippen molar-refractivity contribution in [1.29, 1.82) is 0 Å². The first-order valence-electron chi connectivity index (χ1n) is 7.39. The van der Waals surface area contributed by atoms with Crippen LogP contribution in [-0.2, 0) is 5.60 Å². The molecule has 0 atom stereocenters. The highest BCUT2D eigenvalue weighted by molar-refractivity contribution is 8.01. The van der Waals surface area contributed by atoms with E-state index >= 15 is 0 Å². The van der Waals surface area contributed by atoms with Gasteiger partial charge >= 0.3 is 18.5 Å². The Bertz CT molecular complexity index is 864. The number of hydrogen-bond donors (Lipinski definition) is 1. The van der Waals surface area contributed by atoms with Crippen molar-refractivity contribution < 1.29 is 44.6 Å². The van der Waals surface area contributed by atoms with Gasteiger partial charge in [0.05, 0.1) is 9.23 Å². The van der Waals surface area contributed by atoms with Crippen LogP contribution in [0.4, 0.5) is 45.2 Å². The smallest absolute Gasteiger partial charge is 0.369 e. The van der Waals surface area contributed by atoms with Gasteiger partial charge in [0.15, 0.2) is 0 Å². The first-order valence-corrected chi connectivity index (χ1v) is 9.74. The van der Waals surface area contributed by atoms with Gasteiger partial charge in [-0.25, -0.2) is 0 Å². The molecule has 2 aromatic rings. The molecule has 0 aliphatic heterocycles. The fraction of sp³-hybridized carbons (Fsp3) is 0.333. The summed E-state index contributed by atoms with van der Waals surface area (Å²) in [6.07, 6.45) is -17.0. The highest BCUT2D eigenvalue weighted by atomic mass is 35.5. The zero-order valence-electron chi connectivity index (χ0n) is 14.0. The third-order valence-corrected chi connectivity index (χ3v) is 6.36. The van der Waals surface area contributed by atoms with Crippen LogP contribution in [0, 0.1) is 0 Å². The molecule has 1 N–H and O–H groups in total. The minimum atomic E-state index is -6.12. The van der Waals surface area contributed by atoms with Crippen LogP contribution < -0.4 is 4.31 Å². The highest BCUT2D eigenvalue weighted by Gasteiger charge is 2.71. The standard InChI is InChI=1S/C15H8Cl2F9NOS2/c16-10-5-9(11(17)29-10)30-27(6-12(18,19)20)8-3-1-7(2-4-8)13(28,14(21,22)23)15(24,25)26/h1-5,28H,6H2. The van der Waals surface area contributed by atoms with Gasteiger partial charge in [-0.2, -0.15) is 39.5 Å². The van der Waals surface area contributed by atoms with Crippen LogP contribution >= 0.6 is 46.5 Å². The quantitative estimate of drug-likeness (QED) is 0.325. The molecule has 0 radical (unpaired) electrons. The summed E-state index contributed by atoms with van der Waals surface area (Å²) >= 11 is 12.9. The van der Waals surface area contributed by atoms with Gasteiger partial charge in [0.2, 0.25) is 0 Å². The number of hydrogen-bond acceptors (Lipinski definition) is 4. The lowest BCUT2D eigenvalue weighted by Gasteiger charge is -2.33. The van der Waals surface area contributed by atoms with E-state index in [1.165, 1.54) is 6.07 Å². The molecule has 0 amide bonds. The van der Waals surface area contributed by atoms with Crippen LogP contribution in [-0.4, -0.2) is 30.2 Å². The first-order chi connectivity index (χ1) is 13.5. The molecule has 1 aromatic carbocycles. The Morgan fingerprint density at radius 1 is 0.900 bits per heavy atom. The van der Waals surface area contributed by atoms with E-state index in [2.05, 4.69) is 0 Å². The van der Waals surface area contributed by atoms with Gasteiger partial charge in [-0.3, -0.25) is 0 Å². The summed E-state index contributed by atoms with van der Waals surface area (Å²) < 4.78 is 117. The molecule has 0 aliphatic rings. The summed E-state index contributed by atoms with van der Waals surface area (Å²) in [5, 5.41) is 9.37. The normalized spacial score (nSPS) is 13.6. The predicted molar refractivity (Wildman–Crippen MR) is 96.0 cm³/mol. The third-order valence-electron chi connectivity index (χ3n) is 3.55. The predicted octanol–water partition coefficient (Wildman–Crippen LogP) is 7.44. The molecule has 30 heavy (non-hydrogen) atoms. The van der Waals surface area contributed by atoms with E-state index in [4.69, 9.17) is 23.2 Å². The lowest BCUT2D eigenvalue weighted by Crippen LogP contribution is -2.53. The Balaban J connectivity index is 2.45. The molecular formula is C15H8Cl2F9NOS2. The minimum absolute atomic E-state index is 0.0392. The fourth-order valence-corrected chi connectivity index (χ4v) is 4.87. The van der Waals surface area contributed by atoms with Crippen molar-refractivity contribution in [1.82, 2.24) is 0 Å². The molecule has 0 spiro atoms. The molecule has 1 heterocycles. The lowest BCUT2D eigenvalue weighted by atomic mass is 9.92. The summed E-state index contributed by atoms with van der Waals surface area (Å²) in [6.45, 7) is -1.61. The number of halogens is 11. The second-order valence-corrected chi connectivity index (χ2v) is 9.03. The van der Waals surface area contributed by atoms with Gasteiger partial charge in [0, 0.05) is 11.3 Å². The van der Waals surface area contributed by atoms with Gasteiger partial charge < -0.3 is 9.41 Å². The van der Waals surface area contributed by atoms with Crippen molar-refractivity contribution in [2.45, 2.75) is 29.0 Å². The van der Waals surface area contributed by atoms with Gasteiger partial charge in [-0.15, -0.1) is 11.3 Å². The minimum Gasteiger partial charge on any atom is -0.369 e. The zero-order valence-corrected chi connectivity index (χ0v) is 17.1. The van der Waals surface area contributed by atoms with Crippen molar-refractivity contribution in [3.63, 3.8) is 0 Å². The Labute approximate surface area is 181 Å². The summed E-state index contributed by atoms with van der Waals surface area (Å²) in [6, 6.07) is 2.95. The van der Waals surface area contributed by atoms with Crippen LogP contribution in [0.1, 0.15) is 5.56 Å². The SMILES string of the molecule is OC(c1ccc(N(CC(F)(F)F)Sc2cc(Cl)sc2Cl)cc1)(C(F)(F)F)C(F)(F)F. The fourth-order valence-electron chi connectivity index (χ4n) is 2.20. The zero-order chi connectivity index (χ0) is 23.1. The van der Waals surface area contributed by atoms with Crippen molar-refractivity contribution >= 4 is 52.2 Å². The Morgan fingerprint density at radius 2 is 1.40 bits per heavy atom. The van der Waals surface area contributed by atoms with Crippen molar-refractivity contribution in [2.75, 3.05) is 10.8 Å². The number of aliphatic hydroxyl groups is 1. The average Bonchev–Trinajstić information content (AvgIpc) is 2.87. The van der Waals surface area contributed by atoms with E-state index in [1.807, 2.05) is 0 Å². The van der Waals surface area contributed by atoms with Crippen LogP contribution in [0.15, 0.2) is 35.2 Å². The number of anilines is 1. The molecule has 15 heteroatoms. The summed E-state index contributed by atoms with van der Waals surface area (Å²) in [7, 11) is 0. The van der Waals surface area contributed by atoms with Gasteiger partial charge in [-0.1, -0.05) is 35.3 Å². The van der Waals surface area contributed by atoms with Crippen molar-refractivity contribution in [2.24, 2.45) is 0 Å². The molecule has 0 fully saturated rings. The number of benzene rings is 1. The summed E-state index contributed by atoms with van der Waals surface area (Å²) in [4.78, 5) is 0.0991. The number of nitrogens with zero attached hydrogens (tertiary/aromatic N) is 1. The number of alkyl halides is 9. The molecule has 0 bridgehead atoms. The van der Waals surface area contributed by atoms with Crippen LogP contribution in [0.5, 0.6) is 0 Å². The Kier molecular flexibility index (Phi) is 7.14. The van der Waals surface area contributed by atoms with Crippen LogP contribution in [0.2, 0.25) is 8.67 Å². The molecule has 1 aromatic heterocycles. The van der Waals surface area contributed by atoms with E-state index in [-0.39, 0.29) is 31.4 Å². The maximum atomic E-state index is 12.9. The molecule has 0 aliphatic carbocycles. The second kappa shape index (κ2) is 8.49. The molecule has 2 nitrogen and oxygen atoms in total. The van der Waals surface area contributed by atoms with E-state index < -0.39 is 36.2 Å². The number of rotatable bonds is 5. The monoisotopic (exact) mass is 523 g/mol. The average molecular weight is 524 g/mol. The van der Waals surface area contributed by atoms with E-state index in [1.54, 1.807) is 0 Å². The molecule has 0 saturated heterocycles.